The Hall–Kier alpha value is -3.30. The van der Waals surface area contributed by atoms with Gasteiger partial charge in [0.05, 0.1) is 6.04 Å². The van der Waals surface area contributed by atoms with Crippen molar-refractivity contribution >= 4 is 23.1 Å². The van der Waals surface area contributed by atoms with Gasteiger partial charge in [-0.1, -0.05) is 0 Å². The van der Waals surface area contributed by atoms with Gasteiger partial charge in [-0.15, -0.1) is 15.3 Å². The molecule has 132 valence electrons. The summed E-state index contributed by atoms with van der Waals surface area (Å²) in [4.78, 5) is 13.1. The molecule has 1 aliphatic heterocycles. The zero-order valence-electron chi connectivity index (χ0n) is 14.8. The Kier molecular flexibility index (Phi) is 3.08. The van der Waals surface area contributed by atoms with Gasteiger partial charge in [-0.25, -0.2) is 4.98 Å². The molecule has 5 rings (SSSR count). The second-order valence-corrected chi connectivity index (χ2v) is 6.61. The fraction of sp³-hybridized carbons (Fsp3) is 0.375. The number of aryl methyl sites for hydroxylation is 2. The van der Waals surface area contributed by atoms with Gasteiger partial charge >= 0.3 is 0 Å². The van der Waals surface area contributed by atoms with Crippen molar-refractivity contribution in [1.82, 2.24) is 39.4 Å². The summed E-state index contributed by atoms with van der Waals surface area (Å²) >= 11 is 0. The molecule has 0 amide bonds. The number of hydrogen-bond acceptors (Lipinski definition) is 8. The normalized spacial score (nSPS) is 15.0. The average molecular weight is 350 g/mol. The van der Waals surface area contributed by atoms with Gasteiger partial charge in [-0.05, 0) is 26.0 Å². The summed E-state index contributed by atoms with van der Waals surface area (Å²) in [6, 6.07) is 6.34. The first-order valence-corrected chi connectivity index (χ1v) is 8.44. The van der Waals surface area contributed by atoms with Crippen LogP contribution in [0.15, 0.2) is 24.5 Å². The molecule has 4 aromatic heterocycles. The van der Waals surface area contributed by atoms with E-state index in [0.717, 1.165) is 41.9 Å². The molecular formula is C16H18N10. The Morgan fingerprint density at radius 2 is 1.96 bits per heavy atom. The summed E-state index contributed by atoms with van der Waals surface area (Å²) in [7, 11) is 2.08. The largest absolute Gasteiger partial charge is 0.353 e. The van der Waals surface area contributed by atoms with E-state index in [4.69, 9.17) is 0 Å². The maximum atomic E-state index is 4.64. The molecule has 1 saturated heterocycles. The number of likely N-dealkylation sites (N-methyl/N-ethyl adjacent to an activating group) is 1. The standard InChI is InChI=1S/C16H18N10/c1-10-6-15(26-16(19-10)17-9-18-26)23(3)12-7-24(8-12)14-5-4-13-21-20-11(2)25(13)22-14/h4-6,9,12H,7-8H2,1-3H3. The number of anilines is 2. The van der Waals surface area contributed by atoms with Gasteiger partial charge < -0.3 is 9.80 Å². The number of aromatic nitrogens is 8. The molecule has 0 bridgehead atoms. The van der Waals surface area contributed by atoms with Crippen LogP contribution in [-0.4, -0.2) is 65.6 Å². The zero-order valence-corrected chi connectivity index (χ0v) is 14.8. The highest BCUT2D eigenvalue weighted by molar-refractivity contribution is 5.52. The predicted molar refractivity (Wildman–Crippen MR) is 95.4 cm³/mol. The van der Waals surface area contributed by atoms with E-state index in [2.05, 4.69) is 47.2 Å². The zero-order chi connectivity index (χ0) is 17.8. The minimum atomic E-state index is 0.365. The molecule has 0 aromatic carbocycles. The lowest BCUT2D eigenvalue weighted by atomic mass is 10.1. The van der Waals surface area contributed by atoms with Crippen LogP contribution in [0.25, 0.3) is 11.4 Å². The molecule has 10 nitrogen and oxygen atoms in total. The van der Waals surface area contributed by atoms with Crippen LogP contribution in [0, 0.1) is 13.8 Å². The van der Waals surface area contributed by atoms with Gasteiger partial charge in [0.2, 0.25) is 0 Å². The summed E-state index contributed by atoms with van der Waals surface area (Å²) in [5.74, 6) is 3.34. The molecule has 0 unspecified atom stereocenters. The van der Waals surface area contributed by atoms with Gasteiger partial charge in [-0.3, -0.25) is 0 Å². The average Bonchev–Trinajstić information content (AvgIpc) is 3.19. The highest BCUT2D eigenvalue weighted by atomic mass is 15.4. The van der Waals surface area contributed by atoms with E-state index in [-0.39, 0.29) is 0 Å². The smallest absolute Gasteiger partial charge is 0.254 e. The molecular weight excluding hydrogens is 332 g/mol. The monoisotopic (exact) mass is 350 g/mol. The third-order valence-corrected chi connectivity index (χ3v) is 4.86. The molecule has 4 aromatic rings. The first-order chi connectivity index (χ1) is 12.6. The Morgan fingerprint density at radius 3 is 2.81 bits per heavy atom. The van der Waals surface area contributed by atoms with Crippen molar-refractivity contribution in [2.45, 2.75) is 19.9 Å². The minimum absolute atomic E-state index is 0.365. The molecule has 1 aliphatic rings. The lowest BCUT2D eigenvalue weighted by Crippen LogP contribution is -2.59. The molecule has 0 N–H and O–H groups in total. The third kappa shape index (κ3) is 2.18. The fourth-order valence-electron chi connectivity index (χ4n) is 3.29. The van der Waals surface area contributed by atoms with Crippen LogP contribution in [-0.2, 0) is 0 Å². The molecule has 1 fully saturated rings. The van der Waals surface area contributed by atoms with Gasteiger partial charge in [0.1, 0.15) is 18.0 Å². The van der Waals surface area contributed by atoms with E-state index >= 15 is 0 Å². The number of rotatable bonds is 3. The lowest BCUT2D eigenvalue weighted by molar-refractivity contribution is 0.484. The summed E-state index contributed by atoms with van der Waals surface area (Å²) in [5.41, 5.74) is 1.69. The van der Waals surface area contributed by atoms with Crippen LogP contribution in [0.2, 0.25) is 0 Å². The van der Waals surface area contributed by atoms with Gasteiger partial charge in [0.15, 0.2) is 11.5 Å². The van der Waals surface area contributed by atoms with Crippen molar-refractivity contribution in [3.8, 4) is 0 Å². The van der Waals surface area contributed by atoms with E-state index in [0.29, 0.717) is 11.8 Å². The van der Waals surface area contributed by atoms with E-state index in [1.54, 1.807) is 9.03 Å². The molecule has 0 atom stereocenters. The van der Waals surface area contributed by atoms with Gasteiger partial charge in [0.25, 0.3) is 5.78 Å². The van der Waals surface area contributed by atoms with Crippen molar-refractivity contribution in [1.29, 1.82) is 0 Å². The second kappa shape index (κ2) is 5.35. The SMILES string of the molecule is Cc1cc(N(C)C2CN(c3ccc4nnc(C)n4n3)C2)n2ncnc2n1. The Balaban J connectivity index is 1.38. The second-order valence-electron chi connectivity index (χ2n) is 6.61. The lowest BCUT2D eigenvalue weighted by Gasteiger charge is -2.45. The fourth-order valence-corrected chi connectivity index (χ4v) is 3.29. The third-order valence-electron chi connectivity index (χ3n) is 4.86. The van der Waals surface area contributed by atoms with Crippen molar-refractivity contribution in [2.24, 2.45) is 0 Å². The molecule has 0 radical (unpaired) electrons. The van der Waals surface area contributed by atoms with Crippen molar-refractivity contribution < 1.29 is 0 Å². The van der Waals surface area contributed by atoms with E-state index in [1.807, 2.05) is 32.0 Å². The molecule has 26 heavy (non-hydrogen) atoms. The highest BCUT2D eigenvalue weighted by Crippen LogP contribution is 2.25. The summed E-state index contributed by atoms with van der Waals surface area (Å²) in [6.07, 6.45) is 1.53. The summed E-state index contributed by atoms with van der Waals surface area (Å²) in [5, 5.41) is 17.1. The Labute approximate surface area is 149 Å². The van der Waals surface area contributed by atoms with Crippen LogP contribution < -0.4 is 9.80 Å². The maximum Gasteiger partial charge on any atom is 0.254 e. The summed E-state index contributed by atoms with van der Waals surface area (Å²) < 4.78 is 3.55. The highest BCUT2D eigenvalue weighted by Gasteiger charge is 2.32. The van der Waals surface area contributed by atoms with Crippen molar-refractivity contribution in [2.75, 3.05) is 29.9 Å². The van der Waals surface area contributed by atoms with Crippen molar-refractivity contribution in [3.63, 3.8) is 0 Å². The quantitative estimate of drug-likeness (QED) is 0.527. The predicted octanol–water partition coefficient (Wildman–Crippen LogP) is 0.504. The first kappa shape index (κ1) is 15.0. The van der Waals surface area contributed by atoms with Crippen LogP contribution >= 0.6 is 0 Å². The van der Waals surface area contributed by atoms with Crippen LogP contribution in [0.5, 0.6) is 0 Å². The Morgan fingerprint density at radius 1 is 1.12 bits per heavy atom. The van der Waals surface area contributed by atoms with Crippen molar-refractivity contribution in [3.05, 3.63) is 36.0 Å². The van der Waals surface area contributed by atoms with E-state index in [1.165, 1.54) is 6.33 Å². The topological polar surface area (TPSA) is 92.6 Å². The number of fused-ring (bicyclic) bond motifs is 2. The van der Waals surface area contributed by atoms with Crippen LogP contribution in [0.3, 0.4) is 0 Å². The number of hydrogen-bond donors (Lipinski definition) is 0. The minimum Gasteiger partial charge on any atom is -0.353 e. The van der Waals surface area contributed by atoms with Gasteiger partial charge in [-0.2, -0.15) is 19.1 Å². The number of nitrogens with zero attached hydrogens (tertiary/aromatic N) is 10. The van der Waals surface area contributed by atoms with E-state index < -0.39 is 0 Å². The summed E-state index contributed by atoms with van der Waals surface area (Å²) in [6.45, 7) is 5.64. The van der Waals surface area contributed by atoms with Crippen LogP contribution in [0.4, 0.5) is 11.6 Å². The molecule has 0 saturated carbocycles. The molecule has 10 heteroatoms. The van der Waals surface area contributed by atoms with Crippen LogP contribution in [0.1, 0.15) is 11.5 Å². The molecule has 0 spiro atoms. The van der Waals surface area contributed by atoms with E-state index in [9.17, 15) is 0 Å². The first-order valence-electron chi connectivity index (χ1n) is 8.44. The maximum absolute atomic E-state index is 4.64. The molecule has 0 aliphatic carbocycles. The Bertz CT molecular complexity index is 1110. The van der Waals surface area contributed by atoms with Gasteiger partial charge in [0, 0.05) is 31.9 Å². The molecule has 5 heterocycles.